The Morgan fingerprint density at radius 2 is 1.65 bits per heavy atom. The third kappa shape index (κ3) is 3.38. The second kappa shape index (κ2) is 6.75. The van der Waals surface area contributed by atoms with Crippen molar-refractivity contribution in [2.75, 3.05) is 0 Å². The van der Waals surface area contributed by atoms with Crippen molar-refractivity contribution in [2.45, 2.75) is 19.4 Å². The molecule has 2 aromatic carbocycles. The fraction of sp³-hybridized carbons (Fsp3) is 0.167. The van der Waals surface area contributed by atoms with Gasteiger partial charge in [0.1, 0.15) is 0 Å². The average molecular weight is 305 g/mol. The molecule has 0 atom stereocenters. The largest absolute Gasteiger partial charge is 0.437 e. The highest BCUT2D eigenvalue weighted by molar-refractivity contribution is 5.67. The first-order chi connectivity index (χ1) is 11.3. The zero-order valence-electron chi connectivity index (χ0n) is 12.5. The summed E-state index contributed by atoms with van der Waals surface area (Å²) in [6, 6.07) is 19.8. The van der Waals surface area contributed by atoms with Crippen LogP contribution in [0.1, 0.15) is 12.8 Å². The summed E-state index contributed by atoms with van der Waals surface area (Å²) >= 11 is 0. The Bertz CT molecular complexity index is 871. The summed E-state index contributed by atoms with van der Waals surface area (Å²) in [6.07, 6.45) is 0.968. The molecule has 5 nitrogen and oxygen atoms in total. The Morgan fingerprint density at radius 3 is 2.35 bits per heavy atom. The number of benzene rings is 2. The molecule has 0 amide bonds. The number of nitrogens with zero attached hydrogens (tertiary/aromatic N) is 3. The van der Waals surface area contributed by atoms with Crippen LogP contribution in [-0.2, 0) is 6.54 Å². The van der Waals surface area contributed by atoms with Crippen molar-refractivity contribution in [3.63, 3.8) is 0 Å². The van der Waals surface area contributed by atoms with Gasteiger partial charge in [0.25, 0.3) is 0 Å². The Labute approximate surface area is 133 Å². The van der Waals surface area contributed by atoms with E-state index in [1.165, 1.54) is 4.68 Å². The minimum absolute atomic E-state index is 0.298. The monoisotopic (exact) mass is 305 g/mol. The number of nitriles is 1. The second-order valence-electron chi connectivity index (χ2n) is 5.10. The van der Waals surface area contributed by atoms with Gasteiger partial charge in [-0.3, -0.25) is 0 Å². The molecule has 0 spiro atoms. The van der Waals surface area contributed by atoms with E-state index >= 15 is 0 Å². The van der Waals surface area contributed by atoms with Crippen LogP contribution in [0, 0.1) is 11.3 Å². The first-order valence-electron chi connectivity index (χ1n) is 7.39. The maximum atomic E-state index is 11.7. The van der Waals surface area contributed by atoms with E-state index in [1.54, 1.807) is 0 Å². The number of aryl methyl sites for hydroxylation is 1. The molecule has 3 aromatic rings. The summed E-state index contributed by atoms with van der Waals surface area (Å²) in [6.45, 7) is 0.387. The van der Waals surface area contributed by atoms with E-state index in [-0.39, 0.29) is 0 Å². The smallest absolute Gasteiger partial charge is 0.388 e. The van der Waals surface area contributed by atoms with E-state index in [2.05, 4.69) is 5.10 Å². The van der Waals surface area contributed by atoms with Crippen LogP contribution in [-0.4, -0.2) is 9.78 Å². The number of rotatable bonds is 5. The first-order valence-corrected chi connectivity index (χ1v) is 7.39. The molecule has 5 heteroatoms. The molecule has 0 aliphatic carbocycles. The minimum atomic E-state index is -0.495. The Morgan fingerprint density at radius 1 is 1.00 bits per heavy atom. The molecule has 0 aliphatic heterocycles. The molecular weight excluding hydrogens is 290 g/mol. The SMILES string of the molecule is N#CCCCn1nc(-c2ccc(-c3ccccc3)cc2)oc1=O. The number of unbranched alkanes of at least 4 members (excludes halogenated alkanes) is 1. The predicted molar refractivity (Wildman–Crippen MR) is 86.5 cm³/mol. The third-order valence-corrected chi connectivity index (χ3v) is 3.50. The standard InChI is InChI=1S/C18H15N3O2/c19-12-4-5-13-21-18(22)23-17(20-21)16-10-8-15(9-11-16)14-6-2-1-3-7-14/h1-3,6-11H,4-5,13H2. The first kappa shape index (κ1) is 14.8. The quantitative estimate of drug-likeness (QED) is 0.677. The second-order valence-corrected chi connectivity index (χ2v) is 5.10. The van der Waals surface area contributed by atoms with E-state index in [0.717, 1.165) is 16.7 Å². The molecule has 23 heavy (non-hydrogen) atoms. The van der Waals surface area contributed by atoms with Gasteiger partial charge < -0.3 is 4.42 Å². The van der Waals surface area contributed by atoms with Crippen LogP contribution >= 0.6 is 0 Å². The molecule has 3 rings (SSSR count). The number of hydrogen-bond acceptors (Lipinski definition) is 4. The van der Waals surface area contributed by atoms with Crippen LogP contribution in [0.25, 0.3) is 22.6 Å². The third-order valence-electron chi connectivity index (χ3n) is 3.50. The zero-order chi connectivity index (χ0) is 16.1. The van der Waals surface area contributed by atoms with Gasteiger partial charge in [0.15, 0.2) is 0 Å². The summed E-state index contributed by atoms with van der Waals surface area (Å²) in [7, 11) is 0. The lowest BCUT2D eigenvalue weighted by atomic mass is 10.0. The van der Waals surface area contributed by atoms with Crippen molar-refractivity contribution in [3.05, 3.63) is 65.1 Å². The molecule has 0 fully saturated rings. The van der Waals surface area contributed by atoms with Gasteiger partial charge in [-0.25, -0.2) is 4.79 Å². The van der Waals surface area contributed by atoms with E-state index in [0.29, 0.717) is 25.3 Å². The van der Waals surface area contributed by atoms with Gasteiger partial charge in [-0.2, -0.15) is 9.94 Å². The van der Waals surface area contributed by atoms with Crippen LogP contribution in [0.5, 0.6) is 0 Å². The predicted octanol–water partition coefficient (Wildman–Crippen LogP) is 3.47. The molecule has 0 N–H and O–H groups in total. The number of aromatic nitrogens is 2. The fourth-order valence-corrected chi connectivity index (χ4v) is 2.31. The fourth-order valence-electron chi connectivity index (χ4n) is 2.31. The zero-order valence-corrected chi connectivity index (χ0v) is 12.5. The summed E-state index contributed by atoms with van der Waals surface area (Å²) in [5.74, 6) is -0.198. The lowest BCUT2D eigenvalue weighted by Gasteiger charge is -2.01. The van der Waals surface area contributed by atoms with Gasteiger partial charge in [-0.15, -0.1) is 5.10 Å². The lowest BCUT2D eigenvalue weighted by molar-refractivity contribution is 0.475. The van der Waals surface area contributed by atoms with E-state index in [4.69, 9.17) is 9.68 Å². The van der Waals surface area contributed by atoms with Gasteiger partial charge in [-0.1, -0.05) is 42.5 Å². The molecule has 0 unspecified atom stereocenters. The lowest BCUT2D eigenvalue weighted by Crippen LogP contribution is -2.15. The molecule has 1 heterocycles. The molecule has 0 saturated carbocycles. The van der Waals surface area contributed by atoms with E-state index < -0.39 is 5.76 Å². The topological polar surface area (TPSA) is 71.8 Å². The van der Waals surface area contributed by atoms with Crippen molar-refractivity contribution in [3.8, 4) is 28.7 Å². The minimum Gasteiger partial charge on any atom is -0.388 e. The van der Waals surface area contributed by atoms with Crippen molar-refractivity contribution in [1.82, 2.24) is 9.78 Å². The van der Waals surface area contributed by atoms with Crippen LogP contribution in [0.15, 0.2) is 63.8 Å². The van der Waals surface area contributed by atoms with E-state index in [1.807, 2.05) is 60.7 Å². The van der Waals surface area contributed by atoms with Crippen LogP contribution in [0.3, 0.4) is 0 Å². The van der Waals surface area contributed by atoms with Crippen molar-refractivity contribution >= 4 is 0 Å². The average Bonchev–Trinajstić information content (AvgIpc) is 2.97. The van der Waals surface area contributed by atoms with E-state index in [9.17, 15) is 4.79 Å². The molecule has 114 valence electrons. The van der Waals surface area contributed by atoms with Crippen molar-refractivity contribution < 1.29 is 4.42 Å². The van der Waals surface area contributed by atoms with Gasteiger partial charge >= 0.3 is 5.76 Å². The van der Waals surface area contributed by atoms with Crippen LogP contribution < -0.4 is 5.76 Å². The maximum Gasteiger partial charge on any atom is 0.437 e. The van der Waals surface area contributed by atoms with Gasteiger partial charge in [0.05, 0.1) is 6.07 Å². The summed E-state index contributed by atoms with van der Waals surface area (Å²) in [5.41, 5.74) is 2.97. The highest BCUT2D eigenvalue weighted by Crippen LogP contribution is 2.23. The normalized spacial score (nSPS) is 10.4. The van der Waals surface area contributed by atoms with Crippen molar-refractivity contribution in [1.29, 1.82) is 5.26 Å². The Hall–Kier alpha value is -3.13. The molecule has 1 aromatic heterocycles. The van der Waals surface area contributed by atoms with Gasteiger partial charge in [-0.05, 0) is 29.7 Å². The number of hydrogen-bond donors (Lipinski definition) is 0. The Kier molecular flexibility index (Phi) is 4.34. The Balaban J connectivity index is 1.81. The van der Waals surface area contributed by atoms with Crippen LogP contribution in [0.2, 0.25) is 0 Å². The molecular formula is C18H15N3O2. The summed E-state index contributed by atoms with van der Waals surface area (Å²) in [5, 5.41) is 12.7. The molecule has 0 saturated heterocycles. The molecule has 0 bridgehead atoms. The highest BCUT2D eigenvalue weighted by atomic mass is 16.4. The highest BCUT2D eigenvalue weighted by Gasteiger charge is 2.10. The molecule has 0 aliphatic rings. The van der Waals surface area contributed by atoms with Gasteiger partial charge in [0.2, 0.25) is 5.89 Å². The van der Waals surface area contributed by atoms with Crippen LogP contribution in [0.4, 0.5) is 0 Å². The maximum absolute atomic E-state index is 11.7. The van der Waals surface area contributed by atoms with Gasteiger partial charge in [0, 0.05) is 18.5 Å². The molecule has 0 radical (unpaired) electrons. The summed E-state index contributed by atoms with van der Waals surface area (Å²) < 4.78 is 6.45. The summed E-state index contributed by atoms with van der Waals surface area (Å²) in [4.78, 5) is 11.7. The van der Waals surface area contributed by atoms with Crippen molar-refractivity contribution in [2.24, 2.45) is 0 Å².